The van der Waals surface area contributed by atoms with Crippen molar-refractivity contribution >= 4 is 5.96 Å². The smallest absolute Gasteiger partial charge is 0.191 e. The normalized spacial score (nSPS) is 11.8. The first-order valence-electron chi connectivity index (χ1n) is 7.40. The summed E-state index contributed by atoms with van der Waals surface area (Å²) in [5, 5.41) is 6.50. The fourth-order valence-electron chi connectivity index (χ4n) is 1.98. The molecule has 0 amide bonds. The first kappa shape index (κ1) is 17.5. The molecule has 5 heteroatoms. The second-order valence-corrected chi connectivity index (χ2v) is 5.12. The van der Waals surface area contributed by atoms with Crippen molar-refractivity contribution in [1.82, 2.24) is 15.5 Å². The quantitative estimate of drug-likeness (QED) is 0.432. The van der Waals surface area contributed by atoms with E-state index < -0.39 is 0 Å². The van der Waals surface area contributed by atoms with Gasteiger partial charge in [-0.15, -0.1) is 0 Å². The zero-order valence-electron chi connectivity index (χ0n) is 13.6. The summed E-state index contributed by atoms with van der Waals surface area (Å²) in [5.41, 5.74) is 2.58. The minimum absolute atomic E-state index is 0.668. The summed E-state index contributed by atoms with van der Waals surface area (Å²) in [6.45, 7) is 5.93. The Bertz CT molecular complexity index is 432. The Hall–Kier alpha value is -1.59. The number of rotatable bonds is 8. The van der Waals surface area contributed by atoms with E-state index in [9.17, 15) is 0 Å². The van der Waals surface area contributed by atoms with Gasteiger partial charge in [0.25, 0.3) is 0 Å². The molecule has 0 fully saturated rings. The predicted molar refractivity (Wildman–Crippen MR) is 88.5 cm³/mol. The van der Waals surface area contributed by atoms with Crippen molar-refractivity contribution in [1.29, 1.82) is 0 Å². The summed E-state index contributed by atoms with van der Waals surface area (Å²) >= 11 is 0. The van der Waals surface area contributed by atoms with E-state index in [4.69, 9.17) is 4.74 Å². The molecule has 5 nitrogen and oxygen atoms in total. The van der Waals surface area contributed by atoms with Gasteiger partial charge in [-0.25, -0.2) is 4.99 Å². The Morgan fingerprint density at radius 2 is 1.90 bits per heavy atom. The molecule has 0 aliphatic carbocycles. The van der Waals surface area contributed by atoms with E-state index in [1.54, 1.807) is 7.11 Å². The van der Waals surface area contributed by atoms with Crippen molar-refractivity contribution in [3.8, 4) is 0 Å². The molecule has 1 rings (SSSR count). The summed E-state index contributed by atoms with van der Waals surface area (Å²) in [6, 6.07) is 8.44. The number of benzene rings is 1. The highest BCUT2D eigenvalue weighted by atomic mass is 16.5. The first-order valence-corrected chi connectivity index (χ1v) is 7.40. The molecule has 0 aromatic heterocycles. The molecule has 0 saturated carbocycles. The second kappa shape index (κ2) is 10.2. The summed E-state index contributed by atoms with van der Waals surface area (Å²) in [6.07, 6.45) is 0. The largest absolute Gasteiger partial charge is 0.383 e. The van der Waals surface area contributed by atoms with Gasteiger partial charge in [0, 0.05) is 26.7 Å². The van der Waals surface area contributed by atoms with Crippen molar-refractivity contribution in [2.24, 2.45) is 4.99 Å². The van der Waals surface area contributed by atoms with E-state index >= 15 is 0 Å². The minimum atomic E-state index is 0.668. The molecule has 0 atom stereocenters. The molecule has 2 N–H and O–H groups in total. The van der Waals surface area contributed by atoms with Gasteiger partial charge in [0.05, 0.1) is 13.2 Å². The van der Waals surface area contributed by atoms with Gasteiger partial charge < -0.3 is 20.3 Å². The van der Waals surface area contributed by atoms with Crippen LogP contribution >= 0.6 is 0 Å². The van der Waals surface area contributed by atoms with Crippen LogP contribution in [0.25, 0.3) is 0 Å². The maximum absolute atomic E-state index is 5.05. The summed E-state index contributed by atoms with van der Waals surface area (Å²) < 4.78 is 5.05. The van der Waals surface area contributed by atoms with Crippen molar-refractivity contribution < 1.29 is 4.74 Å². The van der Waals surface area contributed by atoms with Gasteiger partial charge in [-0.05, 0) is 32.1 Å². The third kappa shape index (κ3) is 7.11. The lowest BCUT2D eigenvalue weighted by Gasteiger charge is -2.14. The topological polar surface area (TPSA) is 48.9 Å². The predicted octanol–water partition coefficient (Wildman–Crippen LogP) is 1.45. The van der Waals surface area contributed by atoms with Crippen LogP contribution in [0, 0.1) is 0 Å². The maximum Gasteiger partial charge on any atom is 0.191 e. The molecule has 118 valence electrons. The van der Waals surface area contributed by atoms with Crippen LogP contribution in [0.1, 0.15) is 18.1 Å². The van der Waals surface area contributed by atoms with E-state index in [1.165, 1.54) is 11.1 Å². The van der Waals surface area contributed by atoms with Crippen LogP contribution < -0.4 is 10.6 Å². The molecule has 0 heterocycles. The van der Waals surface area contributed by atoms with Crippen molar-refractivity contribution in [2.45, 2.75) is 20.0 Å². The average Bonchev–Trinajstić information content (AvgIpc) is 2.45. The van der Waals surface area contributed by atoms with Gasteiger partial charge in [-0.3, -0.25) is 0 Å². The molecule has 0 saturated heterocycles. The minimum Gasteiger partial charge on any atom is -0.383 e. The monoisotopic (exact) mass is 292 g/mol. The van der Waals surface area contributed by atoms with Gasteiger partial charge in [-0.2, -0.15) is 0 Å². The zero-order chi connectivity index (χ0) is 15.5. The van der Waals surface area contributed by atoms with Gasteiger partial charge >= 0.3 is 0 Å². The lowest BCUT2D eigenvalue weighted by molar-refractivity contribution is 0.203. The van der Waals surface area contributed by atoms with Crippen LogP contribution in [0.4, 0.5) is 0 Å². The third-order valence-electron chi connectivity index (χ3n) is 2.96. The fourth-order valence-corrected chi connectivity index (χ4v) is 1.98. The highest BCUT2D eigenvalue weighted by Crippen LogP contribution is 2.11. The van der Waals surface area contributed by atoms with E-state index in [0.29, 0.717) is 13.2 Å². The lowest BCUT2D eigenvalue weighted by Crippen LogP contribution is -2.38. The van der Waals surface area contributed by atoms with Crippen LogP contribution in [0.5, 0.6) is 0 Å². The van der Waals surface area contributed by atoms with Crippen LogP contribution in [0.15, 0.2) is 29.3 Å². The van der Waals surface area contributed by atoms with E-state index in [-0.39, 0.29) is 0 Å². The number of hydrogen-bond acceptors (Lipinski definition) is 3. The SMILES string of the molecule is CCNC(=NCc1ccccc1CN(C)C)NCCOC. The number of nitrogens with one attached hydrogen (secondary N) is 2. The van der Waals surface area contributed by atoms with Crippen LogP contribution in [0.3, 0.4) is 0 Å². The number of nitrogens with zero attached hydrogens (tertiary/aromatic N) is 2. The maximum atomic E-state index is 5.05. The van der Waals surface area contributed by atoms with Crippen molar-refractivity contribution in [3.63, 3.8) is 0 Å². The molecule has 0 radical (unpaired) electrons. The number of guanidine groups is 1. The van der Waals surface area contributed by atoms with Gasteiger partial charge in [-0.1, -0.05) is 24.3 Å². The van der Waals surface area contributed by atoms with Gasteiger partial charge in [0.15, 0.2) is 5.96 Å². The van der Waals surface area contributed by atoms with Crippen LogP contribution in [-0.4, -0.2) is 51.8 Å². The highest BCUT2D eigenvalue weighted by molar-refractivity contribution is 5.79. The second-order valence-electron chi connectivity index (χ2n) is 5.12. The Balaban J connectivity index is 2.70. The van der Waals surface area contributed by atoms with E-state index in [1.807, 2.05) is 0 Å². The number of ether oxygens (including phenoxy) is 1. The molecule has 0 aliphatic heterocycles. The Labute approximate surface area is 128 Å². The third-order valence-corrected chi connectivity index (χ3v) is 2.96. The Kier molecular flexibility index (Phi) is 8.47. The van der Waals surface area contributed by atoms with E-state index in [0.717, 1.165) is 25.6 Å². The summed E-state index contributed by atoms with van der Waals surface area (Å²) in [7, 11) is 5.86. The Morgan fingerprint density at radius 1 is 1.19 bits per heavy atom. The molecule has 1 aromatic rings. The molecule has 0 bridgehead atoms. The summed E-state index contributed by atoms with van der Waals surface area (Å²) in [4.78, 5) is 6.82. The zero-order valence-corrected chi connectivity index (χ0v) is 13.6. The molecule has 0 spiro atoms. The van der Waals surface area contributed by atoms with E-state index in [2.05, 4.69) is 65.8 Å². The number of aliphatic imine (C=N–C) groups is 1. The molecule has 1 aromatic carbocycles. The fraction of sp³-hybridized carbons (Fsp3) is 0.562. The molecular weight excluding hydrogens is 264 g/mol. The lowest BCUT2D eigenvalue weighted by atomic mass is 10.1. The van der Waals surface area contributed by atoms with Gasteiger partial charge in [0.1, 0.15) is 0 Å². The standard InChI is InChI=1S/C16H28N4O/c1-5-17-16(18-10-11-21-4)19-12-14-8-6-7-9-15(14)13-20(2)3/h6-9H,5,10-13H2,1-4H3,(H2,17,18,19). The van der Waals surface area contributed by atoms with Gasteiger partial charge in [0.2, 0.25) is 0 Å². The summed E-state index contributed by atoms with van der Waals surface area (Å²) in [5.74, 6) is 0.828. The van der Waals surface area contributed by atoms with Crippen molar-refractivity contribution in [3.05, 3.63) is 35.4 Å². The molecule has 0 aliphatic rings. The average molecular weight is 292 g/mol. The molecule has 0 unspecified atom stereocenters. The highest BCUT2D eigenvalue weighted by Gasteiger charge is 2.03. The number of methoxy groups -OCH3 is 1. The van der Waals surface area contributed by atoms with Crippen molar-refractivity contribution in [2.75, 3.05) is 40.9 Å². The van der Waals surface area contributed by atoms with Crippen LogP contribution in [-0.2, 0) is 17.8 Å². The molecule has 21 heavy (non-hydrogen) atoms. The first-order chi connectivity index (χ1) is 10.2. The number of hydrogen-bond donors (Lipinski definition) is 2. The Morgan fingerprint density at radius 3 is 2.52 bits per heavy atom. The molecular formula is C16H28N4O. The van der Waals surface area contributed by atoms with Crippen LogP contribution in [0.2, 0.25) is 0 Å².